The third-order valence-corrected chi connectivity index (χ3v) is 6.35. The lowest BCUT2D eigenvalue weighted by atomic mass is 10.0. The molecule has 0 spiro atoms. The van der Waals surface area contributed by atoms with E-state index in [2.05, 4.69) is 0 Å². The molecular formula is C20H21NO4S. The standard InChI is InChI=1S/C20H21NO4S/c22-19(13-15-26(24,25)17-10-5-2-6-11-17)21-14-7-12-18(21)20(23)16-8-3-1-4-9-16/h1-6,8-11,18H,7,12-15H2. The highest BCUT2D eigenvalue weighted by atomic mass is 32.2. The van der Waals surface area contributed by atoms with Crippen LogP contribution in [-0.2, 0) is 14.6 Å². The third-order valence-electron chi connectivity index (χ3n) is 4.62. The Morgan fingerprint density at radius 2 is 1.58 bits per heavy atom. The van der Waals surface area contributed by atoms with Crippen molar-refractivity contribution in [1.29, 1.82) is 0 Å². The Morgan fingerprint density at radius 1 is 0.962 bits per heavy atom. The molecule has 2 aromatic rings. The van der Waals surface area contributed by atoms with Gasteiger partial charge in [0, 0.05) is 18.5 Å². The van der Waals surface area contributed by atoms with E-state index in [1.807, 2.05) is 6.07 Å². The van der Waals surface area contributed by atoms with Crippen LogP contribution in [-0.4, -0.2) is 43.3 Å². The number of ketones is 1. The lowest BCUT2D eigenvalue weighted by molar-refractivity contribution is -0.130. The number of Topliss-reactive ketones (excluding diaryl/α,β-unsaturated/α-hetero) is 1. The van der Waals surface area contributed by atoms with Crippen LogP contribution in [0, 0.1) is 0 Å². The van der Waals surface area contributed by atoms with Gasteiger partial charge in [0.15, 0.2) is 15.6 Å². The molecule has 1 aliphatic rings. The van der Waals surface area contributed by atoms with E-state index in [9.17, 15) is 18.0 Å². The van der Waals surface area contributed by atoms with Crippen molar-refractivity contribution < 1.29 is 18.0 Å². The van der Waals surface area contributed by atoms with Gasteiger partial charge in [-0.15, -0.1) is 0 Å². The maximum Gasteiger partial charge on any atom is 0.224 e. The molecule has 1 aliphatic heterocycles. The molecule has 0 radical (unpaired) electrons. The maximum atomic E-state index is 12.7. The smallest absolute Gasteiger partial charge is 0.224 e. The number of amides is 1. The number of benzene rings is 2. The number of hydrogen-bond acceptors (Lipinski definition) is 4. The summed E-state index contributed by atoms with van der Waals surface area (Å²) < 4.78 is 24.7. The number of hydrogen-bond donors (Lipinski definition) is 0. The first kappa shape index (κ1) is 18.3. The number of sulfone groups is 1. The summed E-state index contributed by atoms with van der Waals surface area (Å²) >= 11 is 0. The maximum absolute atomic E-state index is 12.7. The van der Waals surface area contributed by atoms with Gasteiger partial charge < -0.3 is 4.90 Å². The Balaban J connectivity index is 1.66. The quantitative estimate of drug-likeness (QED) is 0.732. The first-order valence-corrected chi connectivity index (χ1v) is 10.3. The molecule has 1 atom stereocenters. The molecule has 1 heterocycles. The summed E-state index contributed by atoms with van der Waals surface area (Å²) in [6, 6.07) is 16.5. The van der Waals surface area contributed by atoms with E-state index >= 15 is 0 Å². The van der Waals surface area contributed by atoms with Crippen molar-refractivity contribution in [3.63, 3.8) is 0 Å². The summed E-state index contributed by atoms with van der Waals surface area (Å²) in [4.78, 5) is 27.0. The highest BCUT2D eigenvalue weighted by Crippen LogP contribution is 2.23. The van der Waals surface area contributed by atoms with Crippen LogP contribution in [0.3, 0.4) is 0 Å². The van der Waals surface area contributed by atoms with E-state index < -0.39 is 15.9 Å². The predicted molar refractivity (Wildman–Crippen MR) is 98.6 cm³/mol. The molecule has 2 aromatic carbocycles. The van der Waals surface area contributed by atoms with E-state index in [4.69, 9.17) is 0 Å². The zero-order valence-electron chi connectivity index (χ0n) is 14.4. The zero-order chi connectivity index (χ0) is 18.6. The summed E-state index contributed by atoms with van der Waals surface area (Å²) in [7, 11) is -3.51. The molecule has 6 heteroatoms. The lowest BCUT2D eigenvalue weighted by Crippen LogP contribution is -2.41. The second-order valence-corrected chi connectivity index (χ2v) is 8.47. The van der Waals surface area contributed by atoms with Gasteiger partial charge >= 0.3 is 0 Å². The molecule has 26 heavy (non-hydrogen) atoms. The van der Waals surface area contributed by atoms with Crippen LogP contribution in [0.25, 0.3) is 0 Å². The van der Waals surface area contributed by atoms with Crippen molar-refractivity contribution in [3.8, 4) is 0 Å². The molecule has 0 bridgehead atoms. The van der Waals surface area contributed by atoms with Gasteiger partial charge in [-0.05, 0) is 25.0 Å². The largest absolute Gasteiger partial charge is 0.332 e. The zero-order valence-corrected chi connectivity index (χ0v) is 15.2. The minimum atomic E-state index is -3.51. The second-order valence-electron chi connectivity index (χ2n) is 6.36. The minimum absolute atomic E-state index is 0.0811. The molecule has 0 aliphatic carbocycles. The summed E-state index contributed by atoms with van der Waals surface area (Å²) in [6.45, 7) is 0.494. The van der Waals surface area contributed by atoms with Crippen LogP contribution in [0.2, 0.25) is 0 Å². The number of nitrogens with zero attached hydrogens (tertiary/aromatic N) is 1. The van der Waals surface area contributed by atoms with E-state index in [-0.39, 0.29) is 28.8 Å². The van der Waals surface area contributed by atoms with Gasteiger partial charge in [0.25, 0.3) is 0 Å². The topological polar surface area (TPSA) is 71.5 Å². The van der Waals surface area contributed by atoms with E-state index in [1.54, 1.807) is 42.5 Å². The van der Waals surface area contributed by atoms with Crippen LogP contribution in [0.4, 0.5) is 0 Å². The summed E-state index contributed by atoms with van der Waals surface area (Å²) in [6.07, 6.45) is 1.25. The fourth-order valence-electron chi connectivity index (χ4n) is 3.24. The van der Waals surface area contributed by atoms with Crippen molar-refractivity contribution in [3.05, 3.63) is 66.2 Å². The van der Waals surface area contributed by atoms with Crippen LogP contribution in [0.15, 0.2) is 65.6 Å². The average Bonchev–Trinajstić information content (AvgIpc) is 3.17. The minimum Gasteiger partial charge on any atom is -0.332 e. The monoisotopic (exact) mass is 371 g/mol. The van der Waals surface area contributed by atoms with E-state index in [0.29, 0.717) is 18.5 Å². The Hall–Kier alpha value is -2.47. The first-order chi connectivity index (χ1) is 12.5. The Labute approximate surface area is 153 Å². The fraction of sp³-hybridized carbons (Fsp3) is 0.300. The second kappa shape index (κ2) is 7.83. The first-order valence-electron chi connectivity index (χ1n) is 8.65. The third kappa shape index (κ3) is 4.02. The average molecular weight is 371 g/mol. The van der Waals surface area contributed by atoms with E-state index in [1.165, 1.54) is 17.0 Å². The molecule has 1 saturated heterocycles. The fourth-order valence-corrected chi connectivity index (χ4v) is 4.49. The number of carbonyl (C=O) groups excluding carboxylic acids is 2. The Bertz CT molecular complexity index is 879. The molecule has 1 unspecified atom stereocenters. The van der Waals surface area contributed by atoms with Gasteiger partial charge in [0.2, 0.25) is 5.91 Å². The number of likely N-dealkylation sites (tertiary alicyclic amines) is 1. The normalized spacial score (nSPS) is 17.2. The van der Waals surface area contributed by atoms with Crippen molar-refractivity contribution in [2.45, 2.75) is 30.2 Å². The van der Waals surface area contributed by atoms with Crippen molar-refractivity contribution in [2.24, 2.45) is 0 Å². The van der Waals surface area contributed by atoms with Crippen molar-refractivity contribution >= 4 is 21.5 Å². The molecule has 5 nitrogen and oxygen atoms in total. The summed E-state index contributed by atoms with van der Waals surface area (Å²) in [5.74, 6) is -0.614. The van der Waals surface area contributed by atoms with Crippen molar-refractivity contribution in [2.75, 3.05) is 12.3 Å². The van der Waals surface area contributed by atoms with Gasteiger partial charge in [0.1, 0.15) is 0 Å². The van der Waals surface area contributed by atoms with E-state index in [0.717, 1.165) is 6.42 Å². The highest BCUT2D eigenvalue weighted by molar-refractivity contribution is 7.91. The van der Waals surface area contributed by atoms with Gasteiger partial charge in [0.05, 0.1) is 16.7 Å². The SMILES string of the molecule is O=C(c1ccccc1)C1CCCN1C(=O)CCS(=O)(=O)c1ccccc1. The molecule has 0 aromatic heterocycles. The van der Waals surface area contributed by atoms with Crippen LogP contribution in [0.1, 0.15) is 29.6 Å². The summed E-state index contributed by atoms with van der Waals surface area (Å²) in [5, 5.41) is 0. The van der Waals surface area contributed by atoms with Gasteiger partial charge in [-0.2, -0.15) is 0 Å². The van der Waals surface area contributed by atoms with Crippen molar-refractivity contribution in [1.82, 2.24) is 4.90 Å². The number of carbonyl (C=O) groups is 2. The molecule has 136 valence electrons. The molecular weight excluding hydrogens is 350 g/mol. The molecule has 0 N–H and O–H groups in total. The number of rotatable bonds is 6. The lowest BCUT2D eigenvalue weighted by Gasteiger charge is -2.23. The molecule has 3 rings (SSSR count). The van der Waals surface area contributed by atoms with Crippen LogP contribution >= 0.6 is 0 Å². The molecule has 1 fully saturated rings. The Kier molecular flexibility index (Phi) is 5.52. The molecule has 0 saturated carbocycles. The Morgan fingerprint density at radius 3 is 2.23 bits per heavy atom. The molecule has 1 amide bonds. The predicted octanol–water partition coefficient (Wildman–Crippen LogP) is 2.72. The van der Waals surface area contributed by atoms with Crippen LogP contribution in [0.5, 0.6) is 0 Å². The van der Waals surface area contributed by atoms with Gasteiger partial charge in [-0.3, -0.25) is 9.59 Å². The summed E-state index contributed by atoms with van der Waals surface area (Å²) in [5.41, 5.74) is 0.578. The highest BCUT2D eigenvalue weighted by Gasteiger charge is 2.34. The van der Waals surface area contributed by atoms with Gasteiger partial charge in [-0.1, -0.05) is 48.5 Å². The van der Waals surface area contributed by atoms with Gasteiger partial charge in [-0.25, -0.2) is 8.42 Å². The van der Waals surface area contributed by atoms with Crippen LogP contribution < -0.4 is 0 Å².